The number of benzene rings is 1. The van der Waals surface area contributed by atoms with Crippen molar-refractivity contribution in [2.75, 3.05) is 5.32 Å². The molecule has 0 aliphatic rings. The van der Waals surface area contributed by atoms with Gasteiger partial charge in [0.2, 0.25) is 0 Å². The van der Waals surface area contributed by atoms with Crippen molar-refractivity contribution in [2.24, 2.45) is 0 Å². The largest absolute Gasteiger partial charge is 0.465 e. The molecule has 2 aromatic rings. The minimum atomic E-state index is -1.23. The zero-order chi connectivity index (χ0) is 17.2. The van der Waals surface area contributed by atoms with Crippen LogP contribution in [0.25, 0.3) is 0 Å². The van der Waals surface area contributed by atoms with Gasteiger partial charge in [0.1, 0.15) is 17.7 Å². The van der Waals surface area contributed by atoms with Gasteiger partial charge in [-0.1, -0.05) is 19.9 Å². The van der Waals surface area contributed by atoms with E-state index in [2.05, 4.69) is 10.3 Å². The number of anilines is 1. The van der Waals surface area contributed by atoms with Gasteiger partial charge in [-0.15, -0.1) is 0 Å². The number of halogens is 2. The Kier molecular flexibility index (Phi) is 4.60. The fourth-order valence-electron chi connectivity index (χ4n) is 2.29. The lowest BCUT2D eigenvalue weighted by Crippen LogP contribution is -2.28. The summed E-state index contributed by atoms with van der Waals surface area (Å²) in [6.07, 6.45) is -1.14. The molecule has 23 heavy (non-hydrogen) atoms. The summed E-state index contributed by atoms with van der Waals surface area (Å²) >= 11 is 0. The number of pyridine rings is 1. The van der Waals surface area contributed by atoms with Crippen LogP contribution in [0.5, 0.6) is 0 Å². The van der Waals surface area contributed by atoms with Gasteiger partial charge >= 0.3 is 6.09 Å². The number of aromatic nitrogens is 1. The second kappa shape index (κ2) is 6.29. The summed E-state index contributed by atoms with van der Waals surface area (Å²) in [5, 5.41) is 21.3. The smallest absolute Gasteiger partial charge is 0.409 e. The molecule has 1 aromatic carbocycles. The zero-order valence-electron chi connectivity index (χ0n) is 12.5. The molecular formula is C16H16F2N2O3. The lowest BCUT2D eigenvalue weighted by molar-refractivity contribution is 0.0939. The van der Waals surface area contributed by atoms with E-state index in [-0.39, 0.29) is 16.9 Å². The molecule has 0 bridgehead atoms. The number of hydrogen-bond acceptors (Lipinski definition) is 3. The van der Waals surface area contributed by atoms with Crippen molar-refractivity contribution in [3.63, 3.8) is 0 Å². The van der Waals surface area contributed by atoms with Gasteiger partial charge in [0, 0.05) is 11.5 Å². The molecule has 1 heterocycles. The second-order valence-electron chi connectivity index (χ2n) is 5.65. The quantitative estimate of drug-likeness (QED) is 0.805. The first-order chi connectivity index (χ1) is 10.7. The molecule has 1 amide bonds. The standard InChI is InChI=1S/C16H16F2N2O3/c1-16(2,11-5-3-9(17)7-12(11)18)14(21)13-6-4-10(8-19-13)20-15(22)23/h3-8,14,20-21H,1-2H3,(H,22,23). The minimum absolute atomic E-state index is 0.154. The van der Waals surface area contributed by atoms with Crippen LogP contribution in [0.3, 0.4) is 0 Å². The minimum Gasteiger partial charge on any atom is -0.465 e. The summed E-state index contributed by atoms with van der Waals surface area (Å²) in [4.78, 5) is 14.5. The maximum absolute atomic E-state index is 14.0. The number of carboxylic acid groups (broad SMARTS) is 1. The first-order valence-electron chi connectivity index (χ1n) is 6.81. The number of rotatable bonds is 4. The molecule has 0 saturated heterocycles. The molecule has 0 saturated carbocycles. The number of aliphatic hydroxyl groups is 1. The highest BCUT2D eigenvalue weighted by Crippen LogP contribution is 2.37. The number of nitrogens with zero attached hydrogens (tertiary/aromatic N) is 1. The van der Waals surface area contributed by atoms with E-state index in [1.54, 1.807) is 13.8 Å². The molecule has 0 fully saturated rings. The van der Waals surface area contributed by atoms with Crippen LogP contribution in [0.2, 0.25) is 0 Å². The first kappa shape index (κ1) is 16.8. The van der Waals surface area contributed by atoms with E-state index < -0.39 is 29.2 Å². The van der Waals surface area contributed by atoms with Crippen LogP contribution in [0.15, 0.2) is 36.5 Å². The van der Waals surface area contributed by atoms with Gasteiger partial charge in [0.15, 0.2) is 0 Å². The lowest BCUT2D eigenvalue weighted by Gasteiger charge is -2.31. The van der Waals surface area contributed by atoms with Crippen LogP contribution in [-0.4, -0.2) is 21.3 Å². The molecule has 1 aromatic heterocycles. The van der Waals surface area contributed by atoms with E-state index in [1.165, 1.54) is 24.4 Å². The zero-order valence-corrected chi connectivity index (χ0v) is 12.5. The SMILES string of the molecule is CC(C)(c1ccc(F)cc1F)C(O)c1ccc(NC(=O)O)cn1. The van der Waals surface area contributed by atoms with Crippen LogP contribution >= 0.6 is 0 Å². The highest BCUT2D eigenvalue weighted by Gasteiger charge is 2.34. The number of hydrogen-bond donors (Lipinski definition) is 3. The second-order valence-corrected chi connectivity index (χ2v) is 5.65. The Morgan fingerprint density at radius 2 is 1.96 bits per heavy atom. The van der Waals surface area contributed by atoms with E-state index in [1.807, 2.05) is 0 Å². The molecule has 2 rings (SSSR count). The Labute approximate surface area is 131 Å². The van der Waals surface area contributed by atoms with E-state index in [0.29, 0.717) is 0 Å². The van der Waals surface area contributed by atoms with Crippen molar-refractivity contribution in [3.05, 3.63) is 59.4 Å². The van der Waals surface area contributed by atoms with Gasteiger partial charge in [-0.2, -0.15) is 0 Å². The highest BCUT2D eigenvalue weighted by atomic mass is 19.1. The fourth-order valence-corrected chi connectivity index (χ4v) is 2.29. The maximum atomic E-state index is 14.0. The van der Waals surface area contributed by atoms with Crippen LogP contribution in [0.4, 0.5) is 19.3 Å². The topological polar surface area (TPSA) is 82.5 Å². The van der Waals surface area contributed by atoms with Crippen molar-refractivity contribution >= 4 is 11.8 Å². The monoisotopic (exact) mass is 322 g/mol. The Balaban J connectivity index is 2.30. The van der Waals surface area contributed by atoms with Gasteiger partial charge in [-0.05, 0) is 23.8 Å². The van der Waals surface area contributed by atoms with E-state index >= 15 is 0 Å². The maximum Gasteiger partial charge on any atom is 0.409 e. The third-order valence-electron chi connectivity index (χ3n) is 3.63. The number of carbonyl (C=O) groups is 1. The number of amides is 1. The van der Waals surface area contributed by atoms with Gasteiger partial charge in [-0.3, -0.25) is 10.3 Å². The molecule has 5 nitrogen and oxygen atoms in total. The van der Waals surface area contributed by atoms with Crippen molar-refractivity contribution in [1.29, 1.82) is 0 Å². The normalized spacial score (nSPS) is 12.7. The molecule has 0 aliphatic heterocycles. The average molecular weight is 322 g/mol. The Hall–Kier alpha value is -2.54. The van der Waals surface area contributed by atoms with Crippen molar-refractivity contribution in [2.45, 2.75) is 25.4 Å². The first-order valence-corrected chi connectivity index (χ1v) is 6.81. The van der Waals surface area contributed by atoms with E-state index in [0.717, 1.165) is 12.1 Å². The summed E-state index contributed by atoms with van der Waals surface area (Å²) in [5.74, 6) is -1.45. The average Bonchev–Trinajstić information content (AvgIpc) is 2.46. The van der Waals surface area contributed by atoms with Crippen LogP contribution in [0.1, 0.15) is 31.2 Å². The Morgan fingerprint density at radius 3 is 2.48 bits per heavy atom. The number of nitrogens with one attached hydrogen (secondary N) is 1. The van der Waals surface area contributed by atoms with Gasteiger partial charge in [-0.25, -0.2) is 13.6 Å². The Morgan fingerprint density at radius 1 is 1.26 bits per heavy atom. The third-order valence-corrected chi connectivity index (χ3v) is 3.63. The molecule has 0 aliphatic carbocycles. The summed E-state index contributed by atoms with van der Waals surface area (Å²) < 4.78 is 27.0. The summed E-state index contributed by atoms with van der Waals surface area (Å²) in [6.45, 7) is 3.22. The molecule has 3 N–H and O–H groups in total. The Bertz CT molecular complexity index is 718. The van der Waals surface area contributed by atoms with E-state index in [4.69, 9.17) is 5.11 Å². The van der Waals surface area contributed by atoms with Gasteiger partial charge in [0.25, 0.3) is 0 Å². The summed E-state index contributed by atoms with van der Waals surface area (Å²) in [5.41, 5.74) is -0.415. The van der Waals surface area contributed by atoms with Crippen LogP contribution < -0.4 is 5.32 Å². The number of aliphatic hydroxyl groups excluding tert-OH is 1. The van der Waals surface area contributed by atoms with Crippen molar-refractivity contribution < 1.29 is 23.8 Å². The predicted octanol–water partition coefficient (Wildman–Crippen LogP) is 3.46. The molecule has 1 atom stereocenters. The highest BCUT2D eigenvalue weighted by molar-refractivity contribution is 5.82. The molecule has 0 radical (unpaired) electrons. The van der Waals surface area contributed by atoms with Crippen molar-refractivity contribution in [1.82, 2.24) is 4.98 Å². The molecule has 122 valence electrons. The van der Waals surface area contributed by atoms with E-state index in [9.17, 15) is 18.7 Å². The van der Waals surface area contributed by atoms with Crippen molar-refractivity contribution in [3.8, 4) is 0 Å². The van der Waals surface area contributed by atoms with Crippen LogP contribution in [0, 0.1) is 11.6 Å². The molecule has 7 heteroatoms. The molecule has 0 spiro atoms. The predicted molar refractivity (Wildman–Crippen MR) is 80.2 cm³/mol. The molecule has 1 unspecified atom stereocenters. The summed E-state index contributed by atoms with van der Waals surface area (Å²) in [6, 6.07) is 6.06. The molecular weight excluding hydrogens is 306 g/mol. The van der Waals surface area contributed by atoms with Crippen LogP contribution in [-0.2, 0) is 5.41 Å². The van der Waals surface area contributed by atoms with Gasteiger partial charge < -0.3 is 10.2 Å². The third kappa shape index (κ3) is 3.62. The fraction of sp³-hybridized carbons (Fsp3) is 0.250. The lowest BCUT2D eigenvalue weighted by atomic mass is 9.77. The summed E-state index contributed by atoms with van der Waals surface area (Å²) in [7, 11) is 0. The van der Waals surface area contributed by atoms with Gasteiger partial charge in [0.05, 0.1) is 17.6 Å².